The van der Waals surface area contributed by atoms with Gasteiger partial charge in [-0.25, -0.2) is 0 Å². The van der Waals surface area contributed by atoms with Crippen LogP contribution in [0.25, 0.3) is 10.8 Å². The smallest absolute Gasteiger partial charge is 0.265 e. The molecule has 1 N–H and O–H groups in total. The first-order chi connectivity index (χ1) is 11.2. The molecule has 2 heterocycles. The van der Waals surface area contributed by atoms with E-state index in [-0.39, 0.29) is 5.91 Å². The number of benzene rings is 2. The normalized spacial score (nSPS) is 16.0. The van der Waals surface area contributed by atoms with Crippen molar-refractivity contribution < 1.29 is 9.53 Å². The van der Waals surface area contributed by atoms with E-state index in [2.05, 4.69) is 10.3 Å². The van der Waals surface area contributed by atoms with Crippen molar-refractivity contribution >= 4 is 34.0 Å². The van der Waals surface area contributed by atoms with Crippen LogP contribution in [0.5, 0.6) is 5.75 Å². The van der Waals surface area contributed by atoms with Gasteiger partial charge in [0.05, 0.1) is 0 Å². The maximum Gasteiger partial charge on any atom is 0.265 e. The number of carbonyl (C=O) groups excluding carboxylic acids is 1. The van der Waals surface area contributed by atoms with Crippen LogP contribution in [0.4, 0.5) is 5.69 Å². The number of amides is 1. The number of nitrogens with one attached hydrogen (secondary N) is 1. The quantitative estimate of drug-likeness (QED) is 0.779. The van der Waals surface area contributed by atoms with Crippen LogP contribution in [0.2, 0.25) is 5.02 Å². The number of nitrogens with zero attached hydrogens (tertiary/aromatic N) is 1. The highest BCUT2D eigenvalue weighted by molar-refractivity contribution is 6.30. The third kappa shape index (κ3) is 2.62. The minimum absolute atomic E-state index is 0.165. The Kier molecular flexibility index (Phi) is 3.39. The van der Waals surface area contributed by atoms with Gasteiger partial charge in [-0.3, -0.25) is 9.78 Å². The van der Waals surface area contributed by atoms with Gasteiger partial charge in [-0.2, -0.15) is 0 Å². The van der Waals surface area contributed by atoms with E-state index in [4.69, 9.17) is 16.3 Å². The molecule has 23 heavy (non-hydrogen) atoms. The SMILES string of the molecule is O=C(Nc1cccc2cnccc12)[C@@H]1Cc2cc(Cl)ccc2O1. The van der Waals surface area contributed by atoms with Gasteiger partial charge in [0.15, 0.2) is 6.10 Å². The van der Waals surface area contributed by atoms with Crippen molar-refractivity contribution in [2.45, 2.75) is 12.5 Å². The van der Waals surface area contributed by atoms with E-state index in [1.807, 2.05) is 30.3 Å². The first kappa shape index (κ1) is 14.0. The van der Waals surface area contributed by atoms with Crippen LogP contribution in [0.1, 0.15) is 5.56 Å². The van der Waals surface area contributed by atoms with E-state index in [0.29, 0.717) is 11.4 Å². The van der Waals surface area contributed by atoms with Gasteiger partial charge in [-0.05, 0) is 35.9 Å². The van der Waals surface area contributed by atoms with Crippen LogP contribution in [0.15, 0.2) is 54.9 Å². The van der Waals surface area contributed by atoms with E-state index < -0.39 is 6.10 Å². The lowest BCUT2D eigenvalue weighted by molar-refractivity contribution is -0.122. The summed E-state index contributed by atoms with van der Waals surface area (Å²) >= 11 is 5.98. The van der Waals surface area contributed by atoms with Gasteiger partial charge >= 0.3 is 0 Å². The number of aromatic nitrogens is 1. The summed E-state index contributed by atoms with van der Waals surface area (Å²) in [7, 11) is 0. The second-order valence-corrected chi connectivity index (χ2v) is 5.89. The Labute approximate surface area is 138 Å². The van der Waals surface area contributed by atoms with Crippen LogP contribution in [0, 0.1) is 0 Å². The van der Waals surface area contributed by atoms with Crippen LogP contribution in [-0.2, 0) is 11.2 Å². The molecule has 114 valence electrons. The Morgan fingerprint density at radius 2 is 2.17 bits per heavy atom. The monoisotopic (exact) mass is 324 g/mol. The second-order valence-electron chi connectivity index (χ2n) is 5.45. The molecule has 4 nitrogen and oxygen atoms in total. The van der Waals surface area contributed by atoms with E-state index in [1.54, 1.807) is 24.5 Å². The average Bonchev–Trinajstić information content (AvgIpc) is 2.98. The molecule has 0 bridgehead atoms. The molecule has 0 radical (unpaired) electrons. The van der Waals surface area contributed by atoms with Crippen molar-refractivity contribution in [2.24, 2.45) is 0 Å². The predicted octanol–water partition coefficient (Wildman–Crippen LogP) is 3.83. The molecule has 5 heteroatoms. The molecule has 1 aliphatic heterocycles. The molecule has 1 amide bonds. The minimum Gasteiger partial charge on any atom is -0.480 e. The zero-order valence-corrected chi connectivity index (χ0v) is 12.9. The van der Waals surface area contributed by atoms with Crippen molar-refractivity contribution in [2.75, 3.05) is 5.32 Å². The number of hydrogen-bond donors (Lipinski definition) is 1. The summed E-state index contributed by atoms with van der Waals surface area (Å²) in [6, 6.07) is 13.0. The highest BCUT2D eigenvalue weighted by Gasteiger charge is 2.29. The summed E-state index contributed by atoms with van der Waals surface area (Å²) in [6.07, 6.45) is 3.46. The Balaban J connectivity index is 1.57. The summed E-state index contributed by atoms with van der Waals surface area (Å²) in [5.74, 6) is 0.554. The fraction of sp³-hybridized carbons (Fsp3) is 0.111. The summed E-state index contributed by atoms with van der Waals surface area (Å²) in [4.78, 5) is 16.6. The Hall–Kier alpha value is -2.59. The van der Waals surface area contributed by atoms with Crippen molar-refractivity contribution in [3.63, 3.8) is 0 Å². The third-order valence-corrected chi connectivity index (χ3v) is 4.16. The van der Waals surface area contributed by atoms with Crippen LogP contribution < -0.4 is 10.1 Å². The molecule has 1 aliphatic rings. The third-order valence-electron chi connectivity index (χ3n) is 3.93. The number of hydrogen-bond acceptors (Lipinski definition) is 3. The molecule has 0 saturated heterocycles. The van der Waals surface area contributed by atoms with Crippen LogP contribution in [-0.4, -0.2) is 17.0 Å². The van der Waals surface area contributed by atoms with E-state index in [1.165, 1.54) is 0 Å². The highest BCUT2D eigenvalue weighted by Crippen LogP contribution is 2.32. The molecular formula is C18H13ClN2O2. The number of rotatable bonds is 2. The number of halogens is 1. The summed E-state index contributed by atoms with van der Waals surface area (Å²) < 4.78 is 5.72. The first-order valence-corrected chi connectivity index (χ1v) is 7.67. The van der Waals surface area contributed by atoms with Crippen molar-refractivity contribution in [1.29, 1.82) is 0 Å². The van der Waals surface area contributed by atoms with Gasteiger partial charge in [-0.15, -0.1) is 0 Å². The Morgan fingerprint density at radius 1 is 1.26 bits per heavy atom. The van der Waals surface area contributed by atoms with Crippen molar-refractivity contribution in [3.05, 3.63) is 65.4 Å². The molecule has 0 unspecified atom stereocenters. The molecule has 1 atom stereocenters. The van der Waals surface area contributed by atoms with Crippen LogP contribution in [0.3, 0.4) is 0 Å². The lowest BCUT2D eigenvalue weighted by atomic mass is 10.1. The van der Waals surface area contributed by atoms with E-state index in [9.17, 15) is 4.79 Å². The molecule has 1 aromatic heterocycles. The van der Waals surface area contributed by atoms with Gasteiger partial charge in [-0.1, -0.05) is 23.7 Å². The first-order valence-electron chi connectivity index (χ1n) is 7.29. The van der Waals surface area contributed by atoms with Crippen molar-refractivity contribution in [1.82, 2.24) is 4.98 Å². The summed E-state index contributed by atoms with van der Waals surface area (Å²) in [5.41, 5.74) is 1.72. The fourth-order valence-electron chi connectivity index (χ4n) is 2.81. The molecular weight excluding hydrogens is 312 g/mol. The number of carbonyl (C=O) groups is 1. The average molecular weight is 325 g/mol. The zero-order chi connectivity index (χ0) is 15.8. The second kappa shape index (κ2) is 5.56. The Morgan fingerprint density at radius 3 is 3.09 bits per heavy atom. The van der Waals surface area contributed by atoms with E-state index in [0.717, 1.165) is 27.8 Å². The largest absolute Gasteiger partial charge is 0.480 e. The van der Waals surface area contributed by atoms with Gasteiger partial charge in [0.25, 0.3) is 5.91 Å². The van der Waals surface area contributed by atoms with Gasteiger partial charge in [0, 0.05) is 40.3 Å². The topological polar surface area (TPSA) is 51.2 Å². The Bertz CT molecular complexity index is 905. The van der Waals surface area contributed by atoms with Crippen molar-refractivity contribution in [3.8, 4) is 5.75 Å². The van der Waals surface area contributed by atoms with Gasteiger partial charge in [0.1, 0.15) is 5.75 Å². The fourth-order valence-corrected chi connectivity index (χ4v) is 3.00. The zero-order valence-electron chi connectivity index (χ0n) is 12.1. The standard InChI is InChI=1S/C18H13ClN2O2/c19-13-4-5-16-12(8-13)9-17(23-16)18(22)21-15-3-1-2-11-10-20-7-6-14(11)15/h1-8,10,17H,9H2,(H,21,22)/t17-/m0/s1. The molecule has 0 aliphatic carbocycles. The summed E-state index contributed by atoms with van der Waals surface area (Å²) in [6.45, 7) is 0. The number of anilines is 1. The maximum atomic E-state index is 12.5. The van der Waals surface area contributed by atoms with E-state index >= 15 is 0 Å². The number of fused-ring (bicyclic) bond motifs is 2. The lowest BCUT2D eigenvalue weighted by Gasteiger charge is -2.13. The number of pyridine rings is 1. The molecule has 3 aromatic rings. The number of ether oxygens (including phenoxy) is 1. The molecule has 0 fully saturated rings. The molecule has 2 aromatic carbocycles. The van der Waals surface area contributed by atoms with Gasteiger partial charge < -0.3 is 10.1 Å². The van der Waals surface area contributed by atoms with Crippen LogP contribution >= 0.6 is 11.6 Å². The summed E-state index contributed by atoms with van der Waals surface area (Å²) in [5, 5.41) is 5.53. The maximum absolute atomic E-state index is 12.5. The molecule has 0 spiro atoms. The molecule has 0 saturated carbocycles. The minimum atomic E-state index is -0.541. The highest BCUT2D eigenvalue weighted by atomic mass is 35.5. The predicted molar refractivity (Wildman–Crippen MR) is 89.9 cm³/mol. The molecule has 4 rings (SSSR count). The van der Waals surface area contributed by atoms with Gasteiger partial charge in [0.2, 0.25) is 0 Å². The lowest BCUT2D eigenvalue weighted by Crippen LogP contribution is -2.31.